The maximum atomic E-state index is 13.3. The lowest BCUT2D eigenvalue weighted by molar-refractivity contribution is -0.138. The van der Waals surface area contributed by atoms with Crippen LogP contribution in [0.3, 0.4) is 0 Å². The molecule has 0 bridgehead atoms. The first-order valence-corrected chi connectivity index (χ1v) is 11.2. The topological polar surface area (TPSA) is 34.1 Å². The molecule has 2 aliphatic carbocycles. The summed E-state index contributed by atoms with van der Waals surface area (Å²) in [5.41, 5.74) is 1.64. The molecule has 2 aromatic rings. The second-order valence-electron chi connectivity index (χ2n) is 7.29. The van der Waals surface area contributed by atoms with Crippen LogP contribution in [0.15, 0.2) is 64.0 Å². The molecule has 152 valence electrons. The summed E-state index contributed by atoms with van der Waals surface area (Å²) in [4.78, 5) is -0.128. The van der Waals surface area contributed by atoms with Crippen LogP contribution in [0.25, 0.3) is 11.1 Å². The lowest BCUT2D eigenvalue weighted by Gasteiger charge is -2.14. The van der Waals surface area contributed by atoms with Crippen molar-refractivity contribution in [2.45, 2.75) is 23.9 Å². The van der Waals surface area contributed by atoms with Crippen molar-refractivity contribution in [1.29, 1.82) is 0 Å². The fourth-order valence-electron chi connectivity index (χ4n) is 3.50. The third kappa shape index (κ3) is 3.80. The molecule has 0 heterocycles. The Morgan fingerprint density at radius 2 is 1.48 bits per heavy atom. The zero-order chi connectivity index (χ0) is 21.0. The van der Waals surface area contributed by atoms with Gasteiger partial charge in [0.2, 0.25) is 9.84 Å². The Bertz CT molecular complexity index is 1140. The van der Waals surface area contributed by atoms with E-state index < -0.39 is 27.6 Å². The third-order valence-electron chi connectivity index (χ3n) is 5.23. The van der Waals surface area contributed by atoms with E-state index in [-0.39, 0.29) is 14.8 Å². The Kier molecular flexibility index (Phi) is 4.77. The molecule has 0 radical (unpaired) electrons. The number of allylic oxidation sites excluding steroid dienone is 4. The molecule has 0 amide bonds. The monoisotopic (exact) mass is 486 g/mol. The van der Waals surface area contributed by atoms with Gasteiger partial charge in [-0.25, -0.2) is 12.8 Å². The third-order valence-corrected chi connectivity index (χ3v) is 7.20. The van der Waals surface area contributed by atoms with Crippen LogP contribution in [0.1, 0.15) is 29.5 Å². The summed E-state index contributed by atoms with van der Waals surface area (Å²) in [5.74, 6) is 0. The molecular formula is C21H15BrF4O2S. The summed E-state index contributed by atoms with van der Waals surface area (Å²) < 4.78 is 76.1. The van der Waals surface area contributed by atoms with Gasteiger partial charge in [0.15, 0.2) is 6.01 Å². The molecule has 2 aromatic carbocycles. The first-order chi connectivity index (χ1) is 13.5. The number of alkyl halides is 4. The minimum atomic E-state index is -4.49. The number of halogens is 5. The number of hydrogen-bond donors (Lipinski definition) is 0. The summed E-state index contributed by atoms with van der Waals surface area (Å²) in [5, 5.41) is 0. The second-order valence-corrected chi connectivity index (χ2v) is 10.1. The van der Waals surface area contributed by atoms with Gasteiger partial charge < -0.3 is 0 Å². The molecule has 8 heteroatoms. The lowest BCUT2D eigenvalue weighted by atomic mass is 9.94. The summed E-state index contributed by atoms with van der Waals surface area (Å²) in [6.45, 7) is 0. The minimum Gasteiger partial charge on any atom is -0.233 e. The zero-order valence-electron chi connectivity index (χ0n) is 14.9. The van der Waals surface area contributed by atoms with Crippen molar-refractivity contribution in [2.75, 3.05) is 6.01 Å². The van der Waals surface area contributed by atoms with E-state index in [1.54, 1.807) is 18.2 Å². The van der Waals surface area contributed by atoms with Crippen molar-refractivity contribution in [1.82, 2.24) is 0 Å². The van der Waals surface area contributed by atoms with Gasteiger partial charge in [0.05, 0.1) is 10.5 Å². The first kappa shape index (κ1) is 20.3. The predicted octanol–water partition coefficient (Wildman–Crippen LogP) is 6.43. The molecule has 2 nitrogen and oxygen atoms in total. The standard InChI is InChI=1S/C21H15BrF4O2S/c22-19-6-3-14(9-18(19)21(24,25)26)17-11-20(7-8-20)10-16(17)13-1-4-15(5-2-13)29(27,28)12-23/h1-6,9-11H,7-8,12H2. The molecule has 0 atom stereocenters. The molecule has 0 aromatic heterocycles. The van der Waals surface area contributed by atoms with Crippen LogP contribution in [0.2, 0.25) is 0 Å². The van der Waals surface area contributed by atoms with Crippen LogP contribution in [0.5, 0.6) is 0 Å². The molecule has 4 rings (SSSR count). The summed E-state index contributed by atoms with van der Waals surface area (Å²) in [6.07, 6.45) is 1.35. The van der Waals surface area contributed by atoms with Gasteiger partial charge in [-0.3, -0.25) is 0 Å². The molecule has 2 aliphatic rings. The quantitative estimate of drug-likeness (QED) is 0.466. The molecule has 0 N–H and O–H groups in total. The van der Waals surface area contributed by atoms with E-state index in [1.807, 2.05) is 12.2 Å². The number of sulfone groups is 1. The highest BCUT2D eigenvalue weighted by Crippen LogP contribution is 2.58. The highest BCUT2D eigenvalue weighted by atomic mass is 79.9. The van der Waals surface area contributed by atoms with Gasteiger partial charge in [-0.2, -0.15) is 13.2 Å². The van der Waals surface area contributed by atoms with Gasteiger partial charge in [0.25, 0.3) is 0 Å². The molecule has 1 fully saturated rings. The normalized spacial score (nSPS) is 18.0. The average molecular weight is 487 g/mol. The van der Waals surface area contributed by atoms with Crippen molar-refractivity contribution in [3.8, 4) is 0 Å². The van der Waals surface area contributed by atoms with E-state index in [0.717, 1.165) is 24.5 Å². The van der Waals surface area contributed by atoms with Gasteiger partial charge in [0.1, 0.15) is 0 Å². The first-order valence-electron chi connectivity index (χ1n) is 8.77. The molecular weight excluding hydrogens is 472 g/mol. The van der Waals surface area contributed by atoms with Gasteiger partial charge >= 0.3 is 6.18 Å². The summed E-state index contributed by atoms with van der Waals surface area (Å²) in [7, 11) is -3.97. The Morgan fingerprint density at radius 3 is 2.00 bits per heavy atom. The van der Waals surface area contributed by atoms with Gasteiger partial charge in [0, 0.05) is 9.89 Å². The van der Waals surface area contributed by atoms with Crippen LogP contribution >= 0.6 is 15.9 Å². The van der Waals surface area contributed by atoms with Gasteiger partial charge in [-0.1, -0.05) is 46.3 Å². The van der Waals surface area contributed by atoms with E-state index in [9.17, 15) is 26.0 Å². The Hall–Kier alpha value is -1.93. The van der Waals surface area contributed by atoms with E-state index >= 15 is 0 Å². The van der Waals surface area contributed by atoms with Crippen LogP contribution in [0.4, 0.5) is 17.6 Å². The van der Waals surface area contributed by atoms with E-state index in [2.05, 4.69) is 15.9 Å². The highest BCUT2D eigenvalue weighted by Gasteiger charge is 2.43. The van der Waals surface area contributed by atoms with Crippen LogP contribution in [0, 0.1) is 5.41 Å². The van der Waals surface area contributed by atoms with Crippen LogP contribution < -0.4 is 0 Å². The number of benzene rings is 2. The second kappa shape index (κ2) is 6.80. The molecule has 0 aliphatic heterocycles. The van der Waals surface area contributed by atoms with Crippen molar-refractivity contribution in [3.05, 3.63) is 75.8 Å². The highest BCUT2D eigenvalue weighted by molar-refractivity contribution is 9.10. The summed E-state index contributed by atoms with van der Waals surface area (Å²) in [6, 6.07) is 8.41. The minimum absolute atomic E-state index is 0.0280. The number of hydrogen-bond acceptors (Lipinski definition) is 2. The molecule has 1 saturated carbocycles. The van der Waals surface area contributed by atoms with Crippen LogP contribution in [-0.4, -0.2) is 14.4 Å². The Labute approximate surface area is 174 Å². The SMILES string of the molecule is O=S(=O)(CF)c1ccc(C2=CC3(C=C2c2ccc(Br)c(C(F)(F)F)c2)CC3)cc1. The average Bonchev–Trinajstić information content (AvgIpc) is 3.32. The largest absolute Gasteiger partial charge is 0.417 e. The molecule has 1 spiro atoms. The van der Waals surface area contributed by atoms with Crippen LogP contribution in [-0.2, 0) is 16.0 Å². The Morgan fingerprint density at radius 1 is 0.931 bits per heavy atom. The zero-order valence-corrected chi connectivity index (χ0v) is 17.3. The maximum Gasteiger partial charge on any atom is 0.417 e. The van der Waals surface area contributed by atoms with Gasteiger partial charge in [-0.15, -0.1) is 0 Å². The Balaban J connectivity index is 1.77. The van der Waals surface area contributed by atoms with Crippen molar-refractivity contribution < 1.29 is 26.0 Å². The summed E-state index contributed by atoms with van der Waals surface area (Å²) >= 11 is 2.96. The van der Waals surface area contributed by atoms with Gasteiger partial charge in [-0.05, 0) is 59.4 Å². The van der Waals surface area contributed by atoms with Crippen molar-refractivity contribution in [2.24, 2.45) is 5.41 Å². The van der Waals surface area contributed by atoms with Crippen molar-refractivity contribution in [3.63, 3.8) is 0 Å². The number of rotatable bonds is 4. The molecule has 0 unspecified atom stereocenters. The smallest absolute Gasteiger partial charge is 0.233 e. The van der Waals surface area contributed by atoms with E-state index in [4.69, 9.17) is 0 Å². The fourth-order valence-corrected chi connectivity index (χ4v) is 4.65. The maximum absolute atomic E-state index is 13.3. The van der Waals surface area contributed by atoms with E-state index in [0.29, 0.717) is 16.7 Å². The lowest BCUT2D eigenvalue weighted by Crippen LogP contribution is -2.06. The van der Waals surface area contributed by atoms with Crippen molar-refractivity contribution >= 4 is 36.9 Å². The van der Waals surface area contributed by atoms with E-state index in [1.165, 1.54) is 18.2 Å². The fraction of sp³-hybridized carbons (Fsp3) is 0.238. The molecule has 0 saturated heterocycles. The molecule has 29 heavy (non-hydrogen) atoms. The predicted molar refractivity (Wildman–Crippen MR) is 106 cm³/mol.